The van der Waals surface area contributed by atoms with E-state index in [4.69, 9.17) is 0 Å². The number of aliphatic hydroxyl groups excluding tert-OH is 1. The van der Waals surface area contributed by atoms with Crippen molar-refractivity contribution in [2.24, 2.45) is 5.41 Å². The van der Waals surface area contributed by atoms with Gasteiger partial charge >= 0.3 is 0 Å². The maximum atomic E-state index is 10.5. The quantitative estimate of drug-likeness (QED) is 0.919. The first-order valence-electron chi connectivity index (χ1n) is 6.28. The van der Waals surface area contributed by atoms with Crippen LogP contribution < -0.4 is 0 Å². The first-order valence-corrected chi connectivity index (χ1v) is 6.28. The van der Waals surface area contributed by atoms with Crippen molar-refractivity contribution in [1.82, 2.24) is 14.8 Å². The van der Waals surface area contributed by atoms with Gasteiger partial charge < -0.3 is 5.11 Å². The Morgan fingerprint density at radius 2 is 1.95 bits per heavy atom. The van der Waals surface area contributed by atoms with Crippen LogP contribution in [0.4, 0.5) is 0 Å². The van der Waals surface area contributed by atoms with E-state index in [1.807, 2.05) is 57.2 Å². The highest BCUT2D eigenvalue weighted by Gasteiger charge is 2.27. The summed E-state index contributed by atoms with van der Waals surface area (Å²) in [5, 5.41) is 14.6. The third-order valence-corrected chi connectivity index (χ3v) is 2.90. The van der Waals surface area contributed by atoms with Crippen molar-refractivity contribution in [3.05, 3.63) is 48.5 Å². The van der Waals surface area contributed by atoms with Crippen molar-refractivity contribution in [2.75, 3.05) is 0 Å². The van der Waals surface area contributed by atoms with Crippen molar-refractivity contribution in [3.63, 3.8) is 0 Å². The Bertz CT molecular complexity index is 539. The first-order chi connectivity index (χ1) is 8.98. The van der Waals surface area contributed by atoms with Gasteiger partial charge in [-0.25, -0.2) is 9.67 Å². The fourth-order valence-corrected chi connectivity index (χ4v) is 1.78. The van der Waals surface area contributed by atoms with E-state index in [-0.39, 0.29) is 5.41 Å². The molecule has 1 aromatic carbocycles. The first kappa shape index (κ1) is 13.5. The Morgan fingerprint density at radius 3 is 2.47 bits per heavy atom. The number of aliphatic hydroxyl groups is 1. The summed E-state index contributed by atoms with van der Waals surface area (Å²) >= 11 is 0. The lowest BCUT2D eigenvalue weighted by molar-refractivity contribution is 0.109. The average Bonchev–Trinajstić information content (AvgIpc) is 2.89. The van der Waals surface area contributed by atoms with Crippen LogP contribution >= 0.6 is 0 Å². The lowest BCUT2D eigenvalue weighted by Crippen LogP contribution is -2.29. The van der Waals surface area contributed by atoms with Gasteiger partial charge in [0.15, 0.2) is 0 Å². The number of nitrogens with zero attached hydrogens (tertiary/aromatic N) is 3. The molecule has 0 radical (unpaired) electrons. The molecule has 0 aliphatic rings. The maximum absolute atomic E-state index is 10.5. The van der Waals surface area contributed by atoms with E-state index in [0.717, 1.165) is 11.3 Å². The van der Waals surface area contributed by atoms with Crippen molar-refractivity contribution < 1.29 is 5.11 Å². The zero-order valence-corrected chi connectivity index (χ0v) is 11.5. The number of benzene rings is 1. The molecule has 0 aliphatic carbocycles. The van der Waals surface area contributed by atoms with Crippen molar-refractivity contribution in [1.29, 1.82) is 0 Å². The molecule has 4 heteroatoms. The van der Waals surface area contributed by atoms with Crippen molar-refractivity contribution >= 4 is 11.8 Å². The highest BCUT2D eigenvalue weighted by Crippen LogP contribution is 2.28. The summed E-state index contributed by atoms with van der Waals surface area (Å²) < 4.78 is 1.61. The molecular formula is C15H19N3O. The summed E-state index contributed by atoms with van der Waals surface area (Å²) in [6.45, 7) is 5.98. The fraction of sp³-hybridized carbons (Fsp3) is 0.333. The molecule has 0 aliphatic heterocycles. The second kappa shape index (κ2) is 5.36. The molecule has 0 bridgehead atoms. The minimum Gasteiger partial charge on any atom is -0.386 e. The predicted molar refractivity (Wildman–Crippen MR) is 76.1 cm³/mol. The topological polar surface area (TPSA) is 50.9 Å². The van der Waals surface area contributed by atoms with Crippen LogP contribution in [0.15, 0.2) is 43.0 Å². The van der Waals surface area contributed by atoms with Crippen molar-refractivity contribution in [2.45, 2.75) is 26.9 Å². The fourth-order valence-electron chi connectivity index (χ4n) is 1.78. The Labute approximate surface area is 113 Å². The van der Waals surface area contributed by atoms with E-state index >= 15 is 0 Å². The Kier molecular flexibility index (Phi) is 3.81. The molecule has 0 saturated heterocycles. The molecule has 4 nitrogen and oxygen atoms in total. The molecule has 1 atom stereocenters. The minimum atomic E-state index is -0.630. The smallest absolute Gasteiger partial charge is 0.138 e. The van der Waals surface area contributed by atoms with Gasteiger partial charge in [-0.3, -0.25) is 0 Å². The largest absolute Gasteiger partial charge is 0.386 e. The van der Waals surface area contributed by atoms with Gasteiger partial charge in [-0.15, -0.1) is 0 Å². The van der Waals surface area contributed by atoms with E-state index in [0.29, 0.717) is 0 Å². The number of hydrogen-bond donors (Lipinski definition) is 1. The molecule has 2 aromatic rings. The van der Waals surface area contributed by atoms with Crippen LogP contribution in [0, 0.1) is 5.41 Å². The lowest BCUT2D eigenvalue weighted by Gasteiger charge is -2.27. The average molecular weight is 257 g/mol. The normalized spacial score (nSPS) is 14.4. The molecule has 1 heterocycles. The van der Waals surface area contributed by atoms with Gasteiger partial charge in [-0.2, -0.15) is 5.10 Å². The van der Waals surface area contributed by atoms with Crippen molar-refractivity contribution in [3.8, 4) is 0 Å². The van der Waals surface area contributed by atoms with Crippen LogP contribution in [0.25, 0.3) is 11.8 Å². The highest BCUT2D eigenvalue weighted by atomic mass is 16.3. The molecule has 0 amide bonds. The molecule has 0 spiro atoms. The molecule has 1 N–H and O–H groups in total. The second-order valence-corrected chi connectivity index (χ2v) is 5.59. The van der Waals surface area contributed by atoms with Gasteiger partial charge in [-0.1, -0.05) is 51.1 Å². The van der Waals surface area contributed by atoms with E-state index in [9.17, 15) is 5.11 Å². The highest BCUT2D eigenvalue weighted by molar-refractivity contribution is 5.72. The Balaban J connectivity index is 2.44. The molecule has 19 heavy (non-hydrogen) atoms. The summed E-state index contributed by atoms with van der Waals surface area (Å²) in [7, 11) is 0. The molecule has 0 fully saturated rings. The second-order valence-electron chi connectivity index (χ2n) is 5.59. The van der Waals surface area contributed by atoms with Gasteiger partial charge in [0.2, 0.25) is 0 Å². The standard InChI is InChI=1S/C15H19N3O/c1-15(2,3)14(19)13(18-11-16-10-17-18)9-12-7-5-4-6-8-12/h4-11,14,19H,1-3H3/b13-9+. The predicted octanol–water partition coefficient (Wildman–Crippen LogP) is 2.68. The molecule has 1 aromatic heterocycles. The zero-order chi connectivity index (χ0) is 13.9. The van der Waals surface area contributed by atoms with Gasteiger partial charge in [0.05, 0.1) is 5.70 Å². The Morgan fingerprint density at radius 1 is 1.26 bits per heavy atom. The van der Waals surface area contributed by atoms with Gasteiger partial charge in [0.25, 0.3) is 0 Å². The number of rotatable bonds is 3. The molecule has 1 unspecified atom stereocenters. The maximum Gasteiger partial charge on any atom is 0.138 e. The Hall–Kier alpha value is -1.94. The monoisotopic (exact) mass is 257 g/mol. The summed E-state index contributed by atoms with van der Waals surface area (Å²) in [6, 6.07) is 9.88. The number of aromatic nitrogens is 3. The number of hydrogen-bond acceptors (Lipinski definition) is 3. The van der Waals surface area contributed by atoms with E-state index in [1.165, 1.54) is 6.33 Å². The molecule has 100 valence electrons. The van der Waals surface area contributed by atoms with Crippen LogP contribution in [0.5, 0.6) is 0 Å². The molecular weight excluding hydrogens is 238 g/mol. The van der Waals surface area contributed by atoms with Crippen LogP contribution in [0.2, 0.25) is 0 Å². The zero-order valence-electron chi connectivity index (χ0n) is 11.5. The van der Waals surface area contributed by atoms with Gasteiger partial charge in [0, 0.05) is 0 Å². The molecule has 2 rings (SSSR count). The third kappa shape index (κ3) is 3.29. The van der Waals surface area contributed by atoms with E-state index in [2.05, 4.69) is 10.1 Å². The van der Waals surface area contributed by atoms with Crippen LogP contribution in [0.3, 0.4) is 0 Å². The summed E-state index contributed by atoms with van der Waals surface area (Å²) in [5.74, 6) is 0. The summed E-state index contributed by atoms with van der Waals surface area (Å²) in [6.07, 6.45) is 4.37. The SMILES string of the molecule is CC(C)(C)C(O)/C(=C\c1ccccc1)n1cncn1. The van der Waals surface area contributed by atoms with Gasteiger partial charge in [0.1, 0.15) is 18.8 Å². The minimum absolute atomic E-state index is 0.271. The van der Waals surface area contributed by atoms with Crippen LogP contribution in [-0.4, -0.2) is 26.0 Å². The lowest BCUT2D eigenvalue weighted by atomic mass is 9.86. The van der Waals surface area contributed by atoms with Gasteiger partial charge in [-0.05, 0) is 17.1 Å². The van der Waals surface area contributed by atoms with E-state index < -0.39 is 6.10 Å². The van der Waals surface area contributed by atoms with Crippen LogP contribution in [0.1, 0.15) is 26.3 Å². The van der Waals surface area contributed by atoms with E-state index in [1.54, 1.807) is 11.0 Å². The van der Waals surface area contributed by atoms with Crippen LogP contribution in [-0.2, 0) is 0 Å². The summed E-state index contributed by atoms with van der Waals surface area (Å²) in [4.78, 5) is 3.95. The third-order valence-electron chi connectivity index (χ3n) is 2.90. The summed E-state index contributed by atoms with van der Waals surface area (Å²) in [5.41, 5.74) is 1.47. The molecule has 0 saturated carbocycles.